The van der Waals surface area contributed by atoms with Crippen LogP contribution in [-0.4, -0.2) is 10.7 Å². The molecule has 0 fully saturated rings. The van der Waals surface area contributed by atoms with E-state index >= 15 is 0 Å². The molecule has 0 amide bonds. The second-order valence-electron chi connectivity index (χ2n) is 4.71. The molecule has 0 aliphatic rings. The molecule has 1 heterocycles. The lowest BCUT2D eigenvalue weighted by molar-refractivity contribution is -0.140. The molecule has 0 N–H and O–H groups in total. The Labute approximate surface area is 125 Å². The summed E-state index contributed by atoms with van der Waals surface area (Å²) in [4.78, 5) is 12.4. The first-order valence-electron chi connectivity index (χ1n) is 6.14. The molecule has 0 aliphatic carbocycles. The molecule has 0 saturated carbocycles. The zero-order valence-corrected chi connectivity index (χ0v) is 12.2. The fourth-order valence-electron chi connectivity index (χ4n) is 2.45. The molecule has 0 unspecified atom stereocenters. The number of pyridine rings is 1. The van der Waals surface area contributed by atoms with Crippen molar-refractivity contribution in [1.82, 2.24) is 4.57 Å². The molecule has 1 aromatic heterocycles. The molecule has 2 aromatic carbocycles. The highest BCUT2D eigenvalue weighted by Gasteiger charge is 2.29. The Hall–Kier alpha value is -1.82. The number of benzene rings is 2. The van der Waals surface area contributed by atoms with E-state index in [-0.39, 0.29) is 10.9 Å². The third-order valence-electron chi connectivity index (χ3n) is 3.28. The summed E-state index contributed by atoms with van der Waals surface area (Å²) in [6.07, 6.45) is -4.45. The van der Waals surface area contributed by atoms with Gasteiger partial charge < -0.3 is 0 Å². The van der Waals surface area contributed by atoms with Crippen LogP contribution >= 0.6 is 15.9 Å². The lowest BCUT2D eigenvalue weighted by Crippen LogP contribution is -2.28. The van der Waals surface area contributed by atoms with Gasteiger partial charge in [0.05, 0.1) is 5.52 Å². The van der Waals surface area contributed by atoms with Crippen molar-refractivity contribution in [3.8, 4) is 0 Å². The minimum absolute atomic E-state index is 0.277. The molecule has 6 heteroatoms. The summed E-state index contributed by atoms with van der Waals surface area (Å²) in [6.45, 7) is -1.30. The number of alkyl halides is 3. The van der Waals surface area contributed by atoms with Gasteiger partial charge in [-0.2, -0.15) is 13.2 Å². The molecule has 0 saturated heterocycles. The lowest BCUT2D eigenvalue weighted by atomic mass is 10.1. The lowest BCUT2D eigenvalue weighted by Gasteiger charge is -2.15. The van der Waals surface area contributed by atoms with Gasteiger partial charge >= 0.3 is 6.18 Å². The smallest absolute Gasteiger partial charge is 0.299 e. The van der Waals surface area contributed by atoms with Crippen LogP contribution < -0.4 is 5.56 Å². The molecule has 108 valence electrons. The van der Waals surface area contributed by atoms with Crippen molar-refractivity contribution >= 4 is 37.6 Å². The summed E-state index contributed by atoms with van der Waals surface area (Å²) in [5.74, 6) is 0. The number of halogens is 4. The van der Waals surface area contributed by atoms with Crippen LogP contribution in [0.2, 0.25) is 0 Å². The summed E-state index contributed by atoms with van der Waals surface area (Å²) in [6, 6.07) is 11.6. The zero-order valence-electron chi connectivity index (χ0n) is 10.6. The van der Waals surface area contributed by atoms with Gasteiger partial charge in [-0.15, -0.1) is 0 Å². The minimum atomic E-state index is -4.45. The summed E-state index contributed by atoms with van der Waals surface area (Å²) in [7, 11) is 0. The van der Waals surface area contributed by atoms with Crippen molar-refractivity contribution in [2.24, 2.45) is 0 Å². The van der Waals surface area contributed by atoms with Crippen LogP contribution in [0.25, 0.3) is 21.7 Å². The van der Waals surface area contributed by atoms with Gasteiger partial charge in [0.15, 0.2) is 0 Å². The fraction of sp³-hybridized carbons (Fsp3) is 0.133. The normalized spacial score (nSPS) is 12.2. The molecule has 21 heavy (non-hydrogen) atoms. The van der Waals surface area contributed by atoms with Gasteiger partial charge in [-0.25, -0.2) is 0 Å². The monoisotopic (exact) mass is 355 g/mol. The summed E-state index contributed by atoms with van der Waals surface area (Å²) < 4.78 is 39.8. The Balaban J connectivity index is 2.50. The summed E-state index contributed by atoms with van der Waals surface area (Å²) in [5.41, 5.74) is -0.350. The quantitative estimate of drug-likeness (QED) is 0.590. The maximum absolute atomic E-state index is 12.8. The highest BCUT2D eigenvalue weighted by Crippen LogP contribution is 2.27. The second kappa shape index (κ2) is 4.87. The first kappa shape index (κ1) is 14.1. The summed E-state index contributed by atoms with van der Waals surface area (Å²) >= 11 is 3.31. The third kappa shape index (κ3) is 2.55. The number of rotatable bonds is 1. The van der Waals surface area contributed by atoms with E-state index in [1.807, 2.05) is 0 Å². The van der Waals surface area contributed by atoms with Gasteiger partial charge in [0, 0.05) is 15.2 Å². The molecule has 0 atom stereocenters. The highest BCUT2D eigenvalue weighted by molar-refractivity contribution is 9.10. The van der Waals surface area contributed by atoms with E-state index in [0.29, 0.717) is 10.8 Å². The van der Waals surface area contributed by atoms with Crippen LogP contribution in [0, 0.1) is 0 Å². The van der Waals surface area contributed by atoms with Crippen LogP contribution in [0.5, 0.6) is 0 Å². The Morgan fingerprint density at radius 1 is 1.00 bits per heavy atom. The molecular formula is C15H9BrF3NO. The first-order valence-corrected chi connectivity index (χ1v) is 6.94. The van der Waals surface area contributed by atoms with Crippen LogP contribution in [0.4, 0.5) is 13.2 Å². The number of hydrogen-bond donors (Lipinski definition) is 0. The maximum atomic E-state index is 12.8. The largest absolute Gasteiger partial charge is 0.406 e. The Morgan fingerprint density at radius 2 is 1.67 bits per heavy atom. The van der Waals surface area contributed by atoms with E-state index in [2.05, 4.69) is 15.9 Å². The number of fused-ring (bicyclic) bond motifs is 3. The maximum Gasteiger partial charge on any atom is 0.406 e. The van der Waals surface area contributed by atoms with E-state index in [1.54, 1.807) is 36.4 Å². The SMILES string of the molecule is O=c1c2ccccc2c2cc(Br)ccc2n1CC(F)(F)F. The van der Waals surface area contributed by atoms with Crippen molar-refractivity contribution in [2.75, 3.05) is 0 Å². The third-order valence-corrected chi connectivity index (χ3v) is 3.77. The fourth-order valence-corrected chi connectivity index (χ4v) is 2.82. The number of hydrogen-bond acceptors (Lipinski definition) is 1. The standard InChI is InChI=1S/C15H9BrF3NO/c16-9-5-6-13-12(7-9)10-3-1-2-4-11(10)14(21)20(13)8-15(17,18)19/h1-7H,8H2. The van der Waals surface area contributed by atoms with Gasteiger partial charge in [0.1, 0.15) is 6.54 Å². The topological polar surface area (TPSA) is 22.0 Å². The van der Waals surface area contributed by atoms with Crippen LogP contribution in [0.15, 0.2) is 51.7 Å². The number of nitrogens with zero attached hydrogens (tertiary/aromatic N) is 1. The average molecular weight is 356 g/mol. The minimum Gasteiger partial charge on any atom is -0.299 e. The van der Waals surface area contributed by atoms with Crippen molar-refractivity contribution in [1.29, 1.82) is 0 Å². The van der Waals surface area contributed by atoms with Gasteiger partial charge in [-0.05, 0) is 29.7 Å². The molecule has 2 nitrogen and oxygen atoms in total. The van der Waals surface area contributed by atoms with E-state index in [9.17, 15) is 18.0 Å². The Morgan fingerprint density at radius 3 is 2.33 bits per heavy atom. The van der Waals surface area contributed by atoms with Crippen LogP contribution in [0.3, 0.4) is 0 Å². The van der Waals surface area contributed by atoms with Crippen molar-refractivity contribution in [2.45, 2.75) is 12.7 Å². The number of aromatic nitrogens is 1. The summed E-state index contributed by atoms with van der Waals surface area (Å²) in [5, 5.41) is 1.55. The van der Waals surface area contributed by atoms with Gasteiger partial charge in [0.2, 0.25) is 0 Å². The molecule has 0 radical (unpaired) electrons. The predicted molar refractivity (Wildman–Crippen MR) is 79.5 cm³/mol. The van der Waals surface area contributed by atoms with E-state index in [0.717, 1.165) is 9.04 Å². The molecule has 3 aromatic rings. The van der Waals surface area contributed by atoms with E-state index < -0.39 is 18.3 Å². The van der Waals surface area contributed by atoms with Gasteiger partial charge in [0.25, 0.3) is 5.56 Å². The first-order chi connectivity index (χ1) is 9.87. The Kier molecular flexibility index (Phi) is 3.28. The van der Waals surface area contributed by atoms with E-state index in [1.165, 1.54) is 6.07 Å². The predicted octanol–water partition coefficient (Wildman–Crippen LogP) is 4.48. The highest BCUT2D eigenvalue weighted by atomic mass is 79.9. The van der Waals surface area contributed by atoms with Crippen molar-refractivity contribution < 1.29 is 13.2 Å². The van der Waals surface area contributed by atoms with E-state index in [4.69, 9.17) is 0 Å². The van der Waals surface area contributed by atoms with Crippen molar-refractivity contribution in [3.63, 3.8) is 0 Å². The van der Waals surface area contributed by atoms with Crippen LogP contribution in [0.1, 0.15) is 0 Å². The van der Waals surface area contributed by atoms with Gasteiger partial charge in [-0.3, -0.25) is 9.36 Å². The molecule has 3 rings (SSSR count). The Bertz CT molecular complexity index is 899. The average Bonchev–Trinajstić information content (AvgIpc) is 2.42. The molecule has 0 aliphatic heterocycles. The van der Waals surface area contributed by atoms with Crippen molar-refractivity contribution in [3.05, 3.63) is 57.3 Å². The van der Waals surface area contributed by atoms with Crippen LogP contribution in [-0.2, 0) is 6.54 Å². The van der Waals surface area contributed by atoms with Gasteiger partial charge in [-0.1, -0.05) is 34.1 Å². The zero-order chi connectivity index (χ0) is 15.2. The second-order valence-corrected chi connectivity index (χ2v) is 5.63. The molecular weight excluding hydrogens is 347 g/mol. The molecule has 0 spiro atoms. The molecule has 0 bridgehead atoms.